The first-order chi connectivity index (χ1) is 6.72. The molecule has 0 radical (unpaired) electrons. The van der Waals surface area contributed by atoms with Crippen molar-refractivity contribution in [3.05, 3.63) is 42.6 Å². The smallest absolute Gasteiger partial charge is 0.139 e. The van der Waals surface area contributed by atoms with E-state index in [0.717, 1.165) is 16.6 Å². The number of aromatic amines is 1. The summed E-state index contributed by atoms with van der Waals surface area (Å²) in [5, 5.41) is 10.5. The molecule has 4 N–H and O–H groups in total. The van der Waals surface area contributed by atoms with Crippen molar-refractivity contribution in [2.24, 2.45) is 5.73 Å². The third-order valence-electron chi connectivity index (χ3n) is 2.27. The summed E-state index contributed by atoms with van der Waals surface area (Å²) in [6.07, 6.45) is 1.65. The summed E-state index contributed by atoms with van der Waals surface area (Å²) in [4.78, 5) is 3.07. The van der Waals surface area contributed by atoms with Crippen molar-refractivity contribution in [3.8, 4) is 5.75 Å². The van der Waals surface area contributed by atoms with Crippen LogP contribution < -0.4 is 5.73 Å². The molecule has 0 bridgehead atoms. The van der Waals surface area contributed by atoms with Crippen molar-refractivity contribution in [1.29, 1.82) is 0 Å². The minimum Gasteiger partial charge on any atom is -0.506 e. The first-order valence-corrected chi connectivity index (χ1v) is 4.41. The van der Waals surface area contributed by atoms with Crippen molar-refractivity contribution >= 4 is 10.9 Å². The molecule has 3 heteroatoms. The van der Waals surface area contributed by atoms with Crippen molar-refractivity contribution in [1.82, 2.24) is 4.98 Å². The number of fused-ring (bicyclic) bond motifs is 1. The largest absolute Gasteiger partial charge is 0.506 e. The zero-order valence-corrected chi connectivity index (χ0v) is 7.70. The molecule has 1 unspecified atom stereocenters. The maximum Gasteiger partial charge on any atom is 0.139 e. The lowest BCUT2D eigenvalue weighted by molar-refractivity contribution is 0.480. The van der Waals surface area contributed by atoms with Crippen LogP contribution in [0.25, 0.3) is 10.9 Å². The predicted molar refractivity (Wildman–Crippen MR) is 57.1 cm³/mol. The number of hydrogen-bond donors (Lipinski definition) is 3. The van der Waals surface area contributed by atoms with E-state index in [1.54, 1.807) is 18.2 Å². The SMILES string of the molecule is C=CC(N)c1cc2cccc(O)c2[nH]1. The summed E-state index contributed by atoms with van der Waals surface area (Å²) in [6.45, 7) is 3.62. The Hall–Kier alpha value is -1.74. The van der Waals surface area contributed by atoms with Crippen molar-refractivity contribution in [3.63, 3.8) is 0 Å². The van der Waals surface area contributed by atoms with Gasteiger partial charge in [0.2, 0.25) is 0 Å². The van der Waals surface area contributed by atoms with Gasteiger partial charge in [0.15, 0.2) is 0 Å². The number of hydrogen-bond acceptors (Lipinski definition) is 2. The fraction of sp³-hybridized carbons (Fsp3) is 0.0909. The highest BCUT2D eigenvalue weighted by atomic mass is 16.3. The number of aromatic hydroxyl groups is 1. The van der Waals surface area contributed by atoms with Crippen LogP contribution in [0.15, 0.2) is 36.9 Å². The normalized spacial score (nSPS) is 12.9. The summed E-state index contributed by atoms with van der Waals surface area (Å²) >= 11 is 0. The zero-order chi connectivity index (χ0) is 10.1. The molecule has 0 aliphatic heterocycles. The number of nitrogens with two attached hydrogens (primary N) is 1. The van der Waals surface area contributed by atoms with Crippen LogP contribution in [-0.2, 0) is 0 Å². The molecular formula is C11H12N2O. The van der Waals surface area contributed by atoms with Gasteiger partial charge in [-0.25, -0.2) is 0 Å². The van der Waals surface area contributed by atoms with Gasteiger partial charge in [-0.05, 0) is 12.1 Å². The van der Waals surface area contributed by atoms with Crippen LogP contribution in [0, 0.1) is 0 Å². The molecule has 0 saturated heterocycles. The summed E-state index contributed by atoms with van der Waals surface area (Å²) < 4.78 is 0. The number of aromatic nitrogens is 1. The molecule has 0 amide bonds. The van der Waals surface area contributed by atoms with Gasteiger partial charge >= 0.3 is 0 Å². The van der Waals surface area contributed by atoms with Crippen LogP contribution in [0.3, 0.4) is 0 Å². The molecule has 1 aromatic carbocycles. The monoisotopic (exact) mass is 188 g/mol. The van der Waals surface area contributed by atoms with Crippen molar-refractivity contribution in [2.75, 3.05) is 0 Å². The molecule has 0 aliphatic carbocycles. The first-order valence-electron chi connectivity index (χ1n) is 4.41. The van der Waals surface area contributed by atoms with Crippen LogP contribution in [0.4, 0.5) is 0 Å². The van der Waals surface area contributed by atoms with E-state index in [-0.39, 0.29) is 11.8 Å². The number of rotatable bonds is 2. The predicted octanol–water partition coefficient (Wildman–Crippen LogP) is 2.06. The van der Waals surface area contributed by atoms with E-state index in [1.165, 1.54) is 0 Å². The Bertz CT molecular complexity index is 473. The third-order valence-corrected chi connectivity index (χ3v) is 2.27. The van der Waals surface area contributed by atoms with Crippen LogP contribution >= 0.6 is 0 Å². The Morgan fingerprint density at radius 1 is 1.50 bits per heavy atom. The van der Waals surface area contributed by atoms with Crippen molar-refractivity contribution in [2.45, 2.75) is 6.04 Å². The Morgan fingerprint density at radius 3 is 2.93 bits per heavy atom. The highest BCUT2D eigenvalue weighted by Crippen LogP contribution is 2.26. The molecule has 0 saturated carbocycles. The minimum atomic E-state index is -0.221. The number of H-pyrrole nitrogens is 1. The molecule has 1 heterocycles. The van der Waals surface area contributed by atoms with E-state index < -0.39 is 0 Å². The highest BCUT2D eigenvalue weighted by molar-refractivity contribution is 5.85. The summed E-state index contributed by atoms with van der Waals surface area (Å²) in [5.41, 5.74) is 7.36. The molecule has 0 fully saturated rings. The molecular weight excluding hydrogens is 176 g/mol. The van der Waals surface area contributed by atoms with Gasteiger partial charge in [-0.3, -0.25) is 0 Å². The zero-order valence-electron chi connectivity index (χ0n) is 7.70. The Kier molecular flexibility index (Phi) is 2.02. The molecule has 2 rings (SSSR count). The van der Waals surface area contributed by atoms with E-state index in [1.807, 2.05) is 12.1 Å². The quantitative estimate of drug-likeness (QED) is 0.632. The van der Waals surface area contributed by atoms with Gasteiger partial charge in [-0.2, -0.15) is 0 Å². The molecule has 2 aromatic rings. The topological polar surface area (TPSA) is 62.0 Å². The van der Waals surface area contributed by atoms with Gasteiger partial charge in [0, 0.05) is 11.1 Å². The standard InChI is InChI=1S/C11H12N2O/c1-2-8(12)9-6-7-4-3-5-10(14)11(7)13-9/h2-6,8,13-14H,1,12H2. The summed E-state index contributed by atoms with van der Waals surface area (Å²) in [7, 11) is 0. The van der Waals surface area contributed by atoms with Gasteiger partial charge < -0.3 is 15.8 Å². The van der Waals surface area contributed by atoms with Crippen LogP contribution in [0.1, 0.15) is 11.7 Å². The third kappa shape index (κ3) is 1.28. The molecule has 1 aromatic heterocycles. The highest BCUT2D eigenvalue weighted by Gasteiger charge is 2.07. The van der Waals surface area contributed by atoms with E-state index in [0.29, 0.717) is 0 Å². The molecule has 14 heavy (non-hydrogen) atoms. The molecule has 72 valence electrons. The average molecular weight is 188 g/mol. The second kappa shape index (κ2) is 3.20. The Labute approximate surface area is 81.9 Å². The fourth-order valence-corrected chi connectivity index (χ4v) is 1.47. The van der Waals surface area contributed by atoms with Gasteiger partial charge in [0.05, 0.1) is 11.6 Å². The Balaban J connectivity index is 2.62. The molecule has 1 atom stereocenters. The second-order valence-corrected chi connectivity index (χ2v) is 3.23. The summed E-state index contributed by atoms with van der Waals surface area (Å²) in [5.74, 6) is 0.241. The van der Waals surface area contributed by atoms with E-state index in [2.05, 4.69) is 11.6 Å². The molecule has 0 spiro atoms. The lowest BCUT2D eigenvalue weighted by Gasteiger charge is -2.00. The van der Waals surface area contributed by atoms with Gasteiger partial charge in [0.1, 0.15) is 5.75 Å². The van der Waals surface area contributed by atoms with E-state index in [4.69, 9.17) is 5.73 Å². The molecule has 0 aliphatic rings. The average Bonchev–Trinajstić information content (AvgIpc) is 2.62. The molecule has 3 nitrogen and oxygen atoms in total. The van der Waals surface area contributed by atoms with Crippen LogP contribution in [0.5, 0.6) is 5.75 Å². The Morgan fingerprint density at radius 2 is 2.29 bits per heavy atom. The maximum absolute atomic E-state index is 9.54. The van der Waals surface area contributed by atoms with E-state index in [9.17, 15) is 5.11 Å². The first kappa shape index (κ1) is 8.84. The second-order valence-electron chi connectivity index (χ2n) is 3.23. The van der Waals surface area contributed by atoms with E-state index >= 15 is 0 Å². The van der Waals surface area contributed by atoms with Gasteiger partial charge in [-0.15, -0.1) is 6.58 Å². The lowest BCUT2D eigenvalue weighted by atomic mass is 10.2. The number of phenols is 1. The number of benzene rings is 1. The van der Waals surface area contributed by atoms with Gasteiger partial charge in [0.25, 0.3) is 0 Å². The lowest BCUT2D eigenvalue weighted by Crippen LogP contribution is -2.06. The minimum absolute atomic E-state index is 0.221. The number of phenolic OH excluding ortho intramolecular Hbond substituents is 1. The van der Waals surface area contributed by atoms with Gasteiger partial charge in [-0.1, -0.05) is 18.2 Å². The maximum atomic E-state index is 9.54. The number of nitrogens with one attached hydrogen (secondary N) is 1. The fourth-order valence-electron chi connectivity index (χ4n) is 1.47. The number of para-hydroxylation sites is 1. The van der Waals surface area contributed by atoms with Crippen LogP contribution in [-0.4, -0.2) is 10.1 Å². The summed E-state index contributed by atoms with van der Waals surface area (Å²) in [6, 6.07) is 7.06. The van der Waals surface area contributed by atoms with Crippen molar-refractivity contribution < 1.29 is 5.11 Å². The van der Waals surface area contributed by atoms with Crippen LogP contribution in [0.2, 0.25) is 0 Å².